The molecule has 6 nitrogen and oxygen atoms in total. The predicted octanol–water partition coefficient (Wildman–Crippen LogP) is -0.485. The van der Waals surface area contributed by atoms with Crippen LogP contribution in [0.1, 0.15) is 10.4 Å². The number of carboxylic acids is 1. The fourth-order valence-corrected chi connectivity index (χ4v) is 1.59. The first-order valence-electron chi connectivity index (χ1n) is 4.97. The van der Waals surface area contributed by atoms with E-state index in [9.17, 15) is 9.59 Å². The van der Waals surface area contributed by atoms with Crippen LogP contribution in [0.5, 0.6) is 0 Å². The summed E-state index contributed by atoms with van der Waals surface area (Å²) in [6, 6.07) is 2.57. The summed E-state index contributed by atoms with van der Waals surface area (Å²) in [6.45, 7) is 2.26. The Bertz CT molecular complexity index is 448. The van der Waals surface area contributed by atoms with E-state index in [2.05, 4.69) is 0 Å². The Kier molecular flexibility index (Phi) is 2.91. The third-order valence-electron chi connectivity index (χ3n) is 2.43. The molecule has 1 fully saturated rings. The summed E-state index contributed by atoms with van der Waals surface area (Å²) >= 11 is 0. The van der Waals surface area contributed by atoms with E-state index in [1.54, 1.807) is 5.01 Å². The van der Waals surface area contributed by atoms with Crippen molar-refractivity contribution in [3.05, 3.63) is 34.2 Å². The van der Waals surface area contributed by atoms with Crippen molar-refractivity contribution in [3.8, 4) is 0 Å². The van der Waals surface area contributed by atoms with Crippen molar-refractivity contribution >= 4 is 5.97 Å². The van der Waals surface area contributed by atoms with Crippen LogP contribution in [0.3, 0.4) is 0 Å². The molecule has 1 aromatic heterocycles. The van der Waals surface area contributed by atoms with Gasteiger partial charge in [0.05, 0.1) is 31.9 Å². The number of aromatic carboxylic acids is 1. The first kappa shape index (κ1) is 10.7. The molecule has 0 saturated carbocycles. The Morgan fingerprint density at radius 3 is 2.62 bits per heavy atom. The number of aromatic nitrogens is 1. The van der Waals surface area contributed by atoms with E-state index in [1.165, 1.54) is 23.0 Å². The number of ether oxygens (including phenoxy) is 1. The Hall–Kier alpha value is -1.82. The third kappa shape index (κ3) is 2.06. The molecule has 1 aromatic rings. The number of carboxylic acid groups (broad SMARTS) is 1. The van der Waals surface area contributed by atoms with Crippen LogP contribution in [0.15, 0.2) is 23.1 Å². The van der Waals surface area contributed by atoms with E-state index >= 15 is 0 Å². The third-order valence-corrected chi connectivity index (χ3v) is 2.43. The molecule has 1 N–H and O–H groups in total. The van der Waals surface area contributed by atoms with Gasteiger partial charge in [-0.15, -0.1) is 0 Å². The standard InChI is InChI=1S/C10H12N2O4/c13-9-2-1-8(10(14)15)7-12(9)11-3-5-16-6-4-11/h1-2,7H,3-6H2,(H,14,15). The highest BCUT2D eigenvalue weighted by molar-refractivity contribution is 5.87. The molecule has 0 aliphatic carbocycles. The molecule has 86 valence electrons. The highest BCUT2D eigenvalue weighted by atomic mass is 16.5. The molecular formula is C10H12N2O4. The summed E-state index contributed by atoms with van der Waals surface area (Å²) in [5.41, 5.74) is -0.127. The summed E-state index contributed by atoms with van der Waals surface area (Å²) in [5.74, 6) is -1.04. The summed E-state index contributed by atoms with van der Waals surface area (Å²) in [6.07, 6.45) is 1.34. The van der Waals surface area contributed by atoms with Gasteiger partial charge in [-0.1, -0.05) is 0 Å². The van der Waals surface area contributed by atoms with Crippen LogP contribution in [0.25, 0.3) is 0 Å². The maximum atomic E-state index is 11.6. The normalized spacial score (nSPS) is 16.1. The van der Waals surface area contributed by atoms with Crippen LogP contribution >= 0.6 is 0 Å². The van der Waals surface area contributed by atoms with E-state index in [0.29, 0.717) is 26.3 Å². The molecule has 0 unspecified atom stereocenters. The molecule has 0 bridgehead atoms. The first-order valence-corrected chi connectivity index (χ1v) is 4.97. The van der Waals surface area contributed by atoms with Crippen molar-refractivity contribution < 1.29 is 14.6 Å². The van der Waals surface area contributed by atoms with Crippen LogP contribution < -0.4 is 10.6 Å². The number of hydrogen-bond donors (Lipinski definition) is 1. The van der Waals surface area contributed by atoms with E-state index in [0.717, 1.165) is 0 Å². The Morgan fingerprint density at radius 1 is 1.31 bits per heavy atom. The molecule has 6 heteroatoms. The van der Waals surface area contributed by atoms with Crippen molar-refractivity contribution in [1.29, 1.82) is 0 Å². The van der Waals surface area contributed by atoms with E-state index in [4.69, 9.17) is 9.84 Å². The Balaban J connectivity index is 2.34. The van der Waals surface area contributed by atoms with Crippen molar-refractivity contribution in [3.63, 3.8) is 0 Å². The second-order valence-corrected chi connectivity index (χ2v) is 3.47. The average Bonchev–Trinajstić information content (AvgIpc) is 2.30. The molecule has 0 amide bonds. The minimum absolute atomic E-state index is 0.103. The van der Waals surface area contributed by atoms with Gasteiger partial charge in [-0.05, 0) is 6.07 Å². The van der Waals surface area contributed by atoms with Crippen molar-refractivity contribution in [2.45, 2.75) is 0 Å². The zero-order valence-electron chi connectivity index (χ0n) is 8.63. The lowest BCUT2D eigenvalue weighted by Crippen LogP contribution is -2.48. The second kappa shape index (κ2) is 4.36. The minimum atomic E-state index is -1.04. The van der Waals surface area contributed by atoms with E-state index in [-0.39, 0.29) is 11.1 Å². The molecule has 1 aliphatic heterocycles. The summed E-state index contributed by atoms with van der Waals surface area (Å²) < 4.78 is 6.50. The maximum absolute atomic E-state index is 11.6. The minimum Gasteiger partial charge on any atom is -0.478 e. The number of rotatable bonds is 2. The lowest BCUT2D eigenvalue weighted by molar-refractivity contribution is 0.0695. The highest BCUT2D eigenvalue weighted by Gasteiger charge is 2.13. The van der Waals surface area contributed by atoms with Gasteiger partial charge in [-0.2, -0.15) is 0 Å². The number of pyridine rings is 1. The lowest BCUT2D eigenvalue weighted by atomic mass is 10.3. The molecule has 0 atom stereocenters. The SMILES string of the molecule is O=C(O)c1ccc(=O)n(N2CCOCC2)c1. The van der Waals surface area contributed by atoms with Crippen LogP contribution in [-0.2, 0) is 4.74 Å². The number of nitrogens with zero attached hydrogens (tertiary/aromatic N) is 2. The number of morpholine rings is 1. The van der Waals surface area contributed by atoms with Gasteiger partial charge < -0.3 is 14.9 Å². The lowest BCUT2D eigenvalue weighted by Gasteiger charge is -2.30. The van der Waals surface area contributed by atoms with Gasteiger partial charge in [-0.25, -0.2) is 9.47 Å². The van der Waals surface area contributed by atoms with Gasteiger partial charge in [0.15, 0.2) is 0 Å². The van der Waals surface area contributed by atoms with Gasteiger partial charge in [0, 0.05) is 12.3 Å². The van der Waals surface area contributed by atoms with Crippen molar-refractivity contribution in [2.24, 2.45) is 0 Å². The molecule has 1 saturated heterocycles. The molecule has 1 aliphatic rings. The van der Waals surface area contributed by atoms with Gasteiger partial charge in [0.1, 0.15) is 0 Å². The topological polar surface area (TPSA) is 71.8 Å². The van der Waals surface area contributed by atoms with E-state index in [1.807, 2.05) is 0 Å². The molecule has 2 rings (SSSR count). The Morgan fingerprint density at radius 2 is 2.00 bits per heavy atom. The van der Waals surface area contributed by atoms with Gasteiger partial charge in [0.25, 0.3) is 5.56 Å². The van der Waals surface area contributed by atoms with Crippen molar-refractivity contribution in [2.75, 3.05) is 31.3 Å². The fraction of sp³-hybridized carbons (Fsp3) is 0.400. The number of carbonyl (C=O) groups is 1. The molecule has 16 heavy (non-hydrogen) atoms. The molecule has 2 heterocycles. The average molecular weight is 224 g/mol. The molecule has 0 radical (unpaired) electrons. The highest BCUT2D eigenvalue weighted by Crippen LogP contribution is 1.99. The van der Waals surface area contributed by atoms with Gasteiger partial charge in [-0.3, -0.25) is 4.79 Å². The van der Waals surface area contributed by atoms with Crippen LogP contribution in [-0.4, -0.2) is 42.1 Å². The van der Waals surface area contributed by atoms with Crippen LogP contribution in [0, 0.1) is 0 Å². The van der Waals surface area contributed by atoms with Gasteiger partial charge >= 0.3 is 5.97 Å². The summed E-state index contributed by atoms with van der Waals surface area (Å²) in [7, 11) is 0. The summed E-state index contributed by atoms with van der Waals surface area (Å²) in [4.78, 5) is 22.4. The number of hydrogen-bond acceptors (Lipinski definition) is 4. The first-order chi connectivity index (χ1) is 7.68. The van der Waals surface area contributed by atoms with Crippen LogP contribution in [0.2, 0.25) is 0 Å². The zero-order chi connectivity index (χ0) is 11.5. The zero-order valence-corrected chi connectivity index (χ0v) is 8.63. The molecule has 0 aromatic carbocycles. The largest absolute Gasteiger partial charge is 0.478 e. The van der Waals surface area contributed by atoms with E-state index < -0.39 is 5.97 Å². The Labute approximate surface area is 91.6 Å². The summed E-state index contributed by atoms with van der Waals surface area (Å²) in [5, 5.41) is 10.6. The smallest absolute Gasteiger partial charge is 0.337 e. The van der Waals surface area contributed by atoms with Crippen molar-refractivity contribution in [1.82, 2.24) is 4.68 Å². The van der Waals surface area contributed by atoms with Gasteiger partial charge in [0.2, 0.25) is 0 Å². The maximum Gasteiger partial charge on any atom is 0.337 e. The predicted molar refractivity (Wildman–Crippen MR) is 56.4 cm³/mol. The quantitative estimate of drug-likeness (QED) is 0.734. The second-order valence-electron chi connectivity index (χ2n) is 3.47. The fourth-order valence-electron chi connectivity index (χ4n) is 1.59. The molecule has 0 spiro atoms. The van der Waals surface area contributed by atoms with Crippen LogP contribution in [0.4, 0.5) is 0 Å². The molecular weight excluding hydrogens is 212 g/mol. The monoisotopic (exact) mass is 224 g/mol.